The van der Waals surface area contributed by atoms with Crippen LogP contribution >= 0.6 is 23.1 Å². The molecule has 5 nitrogen and oxygen atoms in total. The maximum absolute atomic E-state index is 13.6. The topological polar surface area (TPSA) is 45.7 Å². The fourth-order valence-corrected chi connectivity index (χ4v) is 5.54. The minimum Gasteiger partial charge on any atom is -0.379 e. The Bertz CT molecular complexity index is 1030. The number of rotatable bonds is 8. The van der Waals surface area contributed by atoms with E-state index >= 15 is 0 Å². The smallest absolute Gasteiger partial charge is 0.260 e. The molecule has 4 rings (SSSR count). The van der Waals surface area contributed by atoms with Gasteiger partial charge in [-0.25, -0.2) is 4.98 Å². The molecule has 0 spiro atoms. The van der Waals surface area contributed by atoms with E-state index in [9.17, 15) is 4.79 Å². The predicted octanol–water partition coefficient (Wildman–Crippen LogP) is 4.95. The molecule has 31 heavy (non-hydrogen) atoms. The monoisotopic (exact) mass is 455 g/mol. The molecule has 7 heteroatoms. The lowest BCUT2D eigenvalue weighted by molar-refractivity contribution is 0.0391. The first-order valence-electron chi connectivity index (χ1n) is 10.9. The van der Waals surface area contributed by atoms with E-state index < -0.39 is 0 Å². The van der Waals surface area contributed by atoms with Crippen molar-refractivity contribution in [2.75, 3.05) is 50.0 Å². The van der Waals surface area contributed by atoms with Crippen LogP contribution in [0.4, 0.5) is 5.13 Å². The number of aryl methyl sites for hydroxylation is 1. The summed E-state index contributed by atoms with van der Waals surface area (Å²) in [4.78, 5) is 23.9. The number of nitrogens with zero attached hydrogens (tertiary/aromatic N) is 3. The first-order valence-corrected chi connectivity index (χ1v) is 12.7. The third kappa shape index (κ3) is 5.29. The Morgan fingerprint density at radius 2 is 2.00 bits per heavy atom. The Hall–Kier alpha value is -1.93. The first-order chi connectivity index (χ1) is 15.2. The molecule has 0 N–H and O–H groups in total. The summed E-state index contributed by atoms with van der Waals surface area (Å²) in [6, 6.07) is 14.2. The van der Waals surface area contributed by atoms with Gasteiger partial charge in [-0.05, 0) is 42.0 Å². The molecule has 1 saturated heterocycles. The summed E-state index contributed by atoms with van der Waals surface area (Å²) >= 11 is 3.36. The summed E-state index contributed by atoms with van der Waals surface area (Å²) in [7, 11) is 0. The molecule has 2 heterocycles. The Labute approximate surface area is 192 Å². The van der Waals surface area contributed by atoms with Crippen LogP contribution < -0.4 is 4.90 Å². The average molecular weight is 456 g/mol. The number of hydrogen-bond acceptors (Lipinski definition) is 6. The third-order valence-corrected chi connectivity index (χ3v) is 7.40. The van der Waals surface area contributed by atoms with E-state index in [1.807, 2.05) is 23.1 Å². The number of carbonyl (C=O) groups is 1. The molecule has 1 aromatic heterocycles. The molecule has 2 aromatic carbocycles. The van der Waals surface area contributed by atoms with Gasteiger partial charge in [-0.2, -0.15) is 0 Å². The van der Waals surface area contributed by atoms with E-state index in [1.165, 1.54) is 5.56 Å². The number of para-hydroxylation sites is 1. The molecule has 1 aliphatic rings. The largest absolute Gasteiger partial charge is 0.379 e. The van der Waals surface area contributed by atoms with Gasteiger partial charge in [0.2, 0.25) is 0 Å². The van der Waals surface area contributed by atoms with E-state index in [0.29, 0.717) is 6.54 Å². The van der Waals surface area contributed by atoms with Gasteiger partial charge in [0.1, 0.15) is 0 Å². The van der Waals surface area contributed by atoms with Gasteiger partial charge in [0.25, 0.3) is 5.91 Å². The molecule has 0 aliphatic carbocycles. The van der Waals surface area contributed by atoms with E-state index in [4.69, 9.17) is 9.72 Å². The van der Waals surface area contributed by atoms with Crippen LogP contribution in [-0.2, 0) is 11.2 Å². The number of amides is 1. The highest BCUT2D eigenvalue weighted by molar-refractivity contribution is 7.99. The van der Waals surface area contributed by atoms with Crippen molar-refractivity contribution in [1.82, 2.24) is 9.88 Å². The molecule has 1 fully saturated rings. The van der Waals surface area contributed by atoms with Gasteiger partial charge in [-0.3, -0.25) is 14.6 Å². The number of fused-ring (bicyclic) bond motifs is 1. The van der Waals surface area contributed by atoms with Crippen LogP contribution in [0, 0.1) is 0 Å². The maximum atomic E-state index is 13.6. The fraction of sp³-hybridized carbons (Fsp3) is 0.417. The third-order valence-electron chi connectivity index (χ3n) is 5.48. The first kappa shape index (κ1) is 22.3. The van der Waals surface area contributed by atoms with Crippen LogP contribution in [0.2, 0.25) is 0 Å². The molecule has 0 radical (unpaired) electrons. The number of hydrogen-bond donors (Lipinski definition) is 0. The number of benzene rings is 2. The molecule has 3 aromatic rings. The molecule has 1 amide bonds. The van der Waals surface area contributed by atoms with Crippen LogP contribution in [-0.4, -0.2) is 60.9 Å². The Morgan fingerprint density at radius 1 is 1.19 bits per heavy atom. The highest BCUT2D eigenvalue weighted by Crippen LogP contribution is 2.32. The van der Waals surface area contributed by atoms with E-state index in [-0.39, 0.29) is 5.91 Å². The second-order valence-corrected chi connectivity index (χ2v) is 9.83. The molecule has 0 atom stereocenters. The summed E-state index contributed by atoms with van der Waals surface area (Å²) in [5, 5.41) is 0.780. The SMILES string of the molecule is CCSc1cccc(C(=O)N(CCN2CCOCC2)c2nc3c(CC)cccc3s2)c1. The summed E-state index contributed by atoms with van der Waals surface area (Å²) in [6.07, 6.45) is 0.929. The van der Waals surface area contributed by atoms with Gasteiger partial charge in [-0.15, -0.1) is 11.8 Å². The van der Waals surface area contributed by atoms with Gasteiger partial charge < -0.3 is 4.74 Å². The molecular formula is C24H29N3O2S2. The van der Waals surface area contributed by atoms with Crippen molar-refractivity contribution < 1.29 is 9.53 Å². The zero-order valence-corrected chi connectivity index (χ0v) is 19.8. The van der Waals surface area contributed by atoms with Crippen molar-refractivity contribution in [3.63, 3.8) is 0 Å². The zero-order chi connectivity index (χ0) is 21.6. The predicted molar refractivity (Wildman–Crippen MR) is 131 cm³/mol. The molecule has 0 saturated carbocycles. The van der Waals surface area contributed by atoms with Crippen molar-refractivity contribution >= 4 is 44.4 Å². The highest BCUT2D eigenvalue weighted by Gasteiger charge is 2.23. The van der Waals surface area contributed by atoms with Crippen LogP contribution in [0.3, 0.4) is 0 Å². The van der Waals surface area contributed by atoms with Crippen LogP contribution in [0.15, 0.2) is 47.4 Å². The Balaban J connectivity index is 1.65. The molecule has 164 valence electrons. The van der Waals surface area contributed by atoms with Crippen LogP contribution in [0.1, 0.15) is 29.8 Å². The van der Waals surface area contributed by atoms with E-state index in [0.717, 1.165) is 70.8 Å². The lowest BCUT2D eigenvalue weighted by Crippen LogP contribution is -2.43. The second-order valence-electron chi connectivity index (χ2n) is 7.49. The molecule has 0 unspecified atom stereocenters. The van der Waals surface area contributed by atoms with Crippen molar-refractivity contribution in [1.29, 1.82) is 0 Å². The number of aromatic nitrogens is 1. The van der Waals surface area contributed by atoms with E-state index in [1.54, 1.807) is 23.1 Å². The Morgan fingerprint density at radius 3 is 2.77 bits per heavy atom. The highest BCUT2D eigenvalue weighted by atomic mass is 32.2. The average Bonchev–Trinajstić information content (AvgIpc) is 3.24. The van der Waals surface area contributed by atoms with Crippen LogP contribution in [0.25, 0.3) is 10.2 Å². The number of thiazole rings is 1. The lowest BCUT2D eigenvalue weighted by Gasteiger charge is -2.29. The maximum Gasteiger partial charge on any atom is 0.260 e. The second kappa shape index (κ2) is 10.6. The quantitative estimate of drug-likeness (QED) is 0.450. The van der Waals surface area contributed by atoms with Gasteiger partial charge in [0.05, 0.1) is 23.4 Å². The number of thioether (sulfide) groups is 1. The summed E-state index contributed by atoms with van der Waals surface area (Å²) in [5.74, 6) is 1.000. The molecule has 0 bridgehead atoms. The van der Waals surface area contributed by atoms with Crippen LogP contribution in [0.5, 0.6) is 0 Å². The molecular weight excluding hydrogens is 426 g/mol. The van der Waals surface area contributed by atoms with Crippen molar-refractivity contribution in [3.05, 3.63) is 53.6 Å². The Kier molecular flexibility index (Phi) is 7.61. The minimum atomic E-state index is 0.0175. The van der Waals surface area contributed by atoms with E-state index in [2.05, 4.69) is 43.0 Å². The lowest BCUT2D eigenvalue weighted by atomic mass is 10.1. The van der Waals surface area contributed by atoms with Gasteiger partial charge in [0.15, 0.2) is 5.13 Å². The number of morpholine rings is 1. The van der Waals surface area contributed by atoms with Crippen molar-refractivity contribution in [2.24, 2.45) is 0 Å². The number of carbonyl (C=O) groups excluding carboxylic acids is 1. The van der Waals surface area contributed by atoms with Crippen molar-refractivity contribution in [3.8, 4) is 0 Å². The summed E-state index contributed by atoms with van der Waals surface area (Å²) < 4.78 is 6.61. The van der Waals surface area contributed by atoms with Gasteiger partial charge in [-0.1, -0.05) is 43.4 Å². The summed E-state index contributed by atoms with van der Waals surface area (Å²) in [5.41, 5.74) is 2.96. The minimum absolute atomic E-state index is 0.0175. The van der Waals surface area contributed by atoms with Crippen molar-refractivity contribution in [2.45, 2.75) is 25.2 Å². The fourth-order valence-electron chi connectivity index (χ4n) is 3.79. The molecule has 1 aliphatic heterocycles. The standard InChI is InChI=1S/C24H29N3O2S2/c1-3-18-7-6-10-21-22(18)25-24(31-21)27(12-11-26-13-15-29-16-14-26)23(28)19-8-5-9-20(17-19)30-4-2/h5-10,17H,3-4,11-16H2,1-2H3. The normalized spacial score (nSPS) is 14.8. The zero-order valence-electron chi connectivity index (χ0n) is 18.2. The van der Waals surface area contributed by atoms with Gasteiger partial charge >= 0.3 is 0 Å². The number of ether oxygens (including phenoxy) is 1. The summed E-state index contributed by atoms with van der Waals surface area (Å²) in [6.45, 7) is 9.03. The number of anilines is 1. The van der Waals surface area contributed by atoms with Gasteiger partial charge in [0, 0.05) is 36.6 Å².